The minimum Gasteiger partial charge on any atom is -0.489 e. The summed E-state index contributed by atoms with van der Waals surface area (Å²) in [6.07, 6.45) is 0. The van der Waals surface area contributed by atoms with E-state index in [1.54, 1.807) is 24.3 Å². The van der Waals surface area contributed by atoms with Crippen molar-refractivity contribution in [3.63, 3.8) is 0 Å². The molecule has 1 unspecified atom stereocenters. The number of nitrogens with one attached hydrogen (secondary N) is 1. The smallest absolute Gasteiger partial charge is 0.329 e. The Kier molecular flexibility index (Phi) is 4.16. The van der Waals surface area contributed by atoms with Gasteiger partial charge in [-0.05, 0) is 37.1 Å². The Morgan fingerprint density at radius 2 is 1.95 bits per heavy atom. The van der Waals surface area contributed by atoms with Crippen LogP contribution in [0.1, 0.15) is 19.4 Å². The molecule has 5 nitrogen and oxygen atoms in total. The number of nitrogens with zero attached hydrogens (tertiary/aromatic N) is 1. The zero-order valence-electron chi connectivity index (χ0n) is 12.2. The van der Waals surface area contributed by atoms with Gasteiger partial charge in [-0.1, -0.05) is 18.7 Å². The van der Waals surface area contributed by atoms with E-state index < -0.39 is 24.0 Å². The van der Waals surface area contributed by atoms with Crippen LogP contribution in [0, 0.1) is 0 Å². The standard InChI is InChI=1S/C15H16F2N2O3/c1-9(2)8-22-11-6-4-10(5-7-11)15(3)12(20)19(13(16)17)14(21)18-15/h4-7,13H,1,8H2,2-3H3,(H,18,21). The van der Waals surface area contributed by atoms with Crippen LogP contribution in [0.3, 0.4) is 0 Å². The lowest BCUT2D eigenvalue weighted by atomic mass is 9.92. The maximum atomic E-state index is 12.8. The van der Waals surface area contributed by atoms with Crippen molar-refractivity contribution in [3.05, 3.63) is 42.0 Å². The summed E-state index contributed by atoms with van der Waals surface area (Å²) < 4.78 is 30.9. The molecule has 1 heterocycles. The summed E-state index contributed by atoms with van der Waals surface area (Å²) in [6, 6.07) is 5.22. The van der Waals surface area contributed by atoms with Crippen LogP contribution in [0.25, 0.3) is 0 Å². The lowest BCUT2D eigenvalue weighted by molar-refractivity contribution is -0.139. The molecule has 1 fully saturated rings. The van der Waals surface area contributed by atoms with Crippen LogP contribution < -0.4 is 10.1 Å². The van der Waals surface area contributed by atoms with Crippen LogP contribution in [0.15, 0.2) is 36.4 Å². The summed E-state index contributed by atoms with van der Waals surface area (Å²) in [5.74, 6) is -0.430. The van der Waals surface area contributed by atoms with E-state index in [2.05, 4.69) is 11.9 Å². The van der Waals surface area contributed by atoms with Gasteiger partial charge in [0.1, 0.15) is 17.9 Å². The Morgan fingerprint density at radius 3 is 2.41 bits per heavy atom. The van der Waals surface area contributed by atoms with Gasteiger partial charge in [-0.3, -0.25) is 4.79 Å². The predicted octanol–water partition coefficient (Wildman–Crippen LogP) is 2.63. The van der Waals surface area contributed by atoms with Gasteiger partial charge < -0.3 is 10.1 Å². The van der Waals surface area contributed by atoms with Crippen LogP contribution in [0.2, 0.25) is 0 Å². The van der Waals surface area contributed by atoms with Gasteiger partial charge in [0.2, 0.25) is 0 Å². The van der Waals surface area contributed by atoms with Gasteiger partial charge in [-0.15, -0.1) is 0 Å². The number of amides is 3. The Bertz CT molecular complexity index is 616. The molecule has 1 aromatic rings. The molecule has 0 aromatic heterocycles. The van der Waals surface area contributed by atoms with E-state index in [9.17, 15) is 18.4 Å². The predicted molar refractivity (Wildman–Crippen MR) is 75.5 cm³/mol. The maximum Gasteiger partial charge on any atom is 0.329 e. The minimum absolute atomic E-state index is 0.0779. The molecule has 1 aliphatic heterocycles. The van der Waals surface area contributed by atoms with Crippen LogP contribution in [0.5, 0.6) is 5.75 Å². The third-order valence-corrected chi connectivity index (χ3v) is 3.33. The summed E-state index contributed by atoms with van der Waals surface area (Å²) in [7, 11) is 0. The molecular formula is C15H16F2N2O3. The third-order valence-electron chi connectivity index (χ3n) is 3.33. The number of imide groups is 1. The molecule has 118 valence electrons. The fourth-order valence-corrected chi connectivity index (χ4v) is 2.12. The quantitative estimate of drug-likeness (QED) is 0.517. The van der Waals surface area contributed by atoms with Crippen molar-refractivity contribution >= 4 is 11.9 Å². The minimum atomic E-state index is -3.17. The molecule has 0 spiro atoms. The summed E-state index contributed by atoms with van der Waals surface area (Å²) in [4.78, 5) is 23.6. The molecule has 2 rings (SSSR count). The number of benzene rings is 1. The zero-order valence-corrected chi connectivity index (χ0v) is 12.2. The lowest BCUT2D eigenvalue weighted by Crippen LogP contribution is -2.41. The Balaban J connectivity index is 2.22. The highest BCUT2D eigenvalue weighted by Crippen LogP contribution is 2.31. The number of halogens is 2. The number of hydrogen-bond acceptors (Lipinski definition) is 3. The summed E-state index contributed by atoms with van der Waals surface area (Å²) in [6.45, 7) is 4.10. The Morgan fingerprint density at radius 1 is 1.36 bits per heavy atom. The van der Waals surface area contributed by atoms with Crippen LogP contribution in [-0.4, -0.2) is 30.0 Å². The van der Waals surface area contributed by atoms with Crippen LogP contribution in [0.4, 0.5) is 13.6 Å². The van der Waals surface area contributed by atoms with Gasteiger partial charge in [0, 0.05) is 0 Å². The molecule has 3 amide bonds. The van der Waals surface area contributed by atoms with Crippen molar-refractivity contribution in [1.82, 2.24) is 10.2 Å². The SMILES string of the molecule is C=C(C)COc1ccc(C2(C)NC(=O)N(C(F)F)C2=O)cc1. The number of rotatable bonds is 5. The third kappa shape index (κ3) is 2.79. The number of carbonyl (C=O) groups excluding carboxylic acids is 2. The molecule has 1 aromatic carbocycles. The summed E-state index contributed by atoms with van der Waals surface area (Å²) in [5.41, 5.74) is -0.265. The highest BCUT2D eigenvalue weighted by Gasteiger charge is 2.52. The van der Waals surface area contributed by atoms with E-state index in [0.29, 0.717) is 17.9 Å². The second-order valence-electron chi connectivity index (χ2n) is 5.28. The van der Waals surface area contributed by atoms with E-state index in [-0.39, 0.29) is 4.90 Å². The van der Waals surface area contributed by atoms with Crippen molar-refractivity contribution in [2.45, 2.75) is 25.9 Å². The molecule has 0 aliphatic carbocycles. The summed E-state index contributed by atoms with van der Waals surface area (Å²) in [5, 5.41) is 2.30. The highest BCUT2D eigenvalue weighted by molar-refractivity contribution is 6.07. The molecule has 0 saturated carbocycles. The van der Waals surface area contributed by atoms with E-state index in [1.165, 1.54) is 6.92 Å². The Labute approximate surface area is 126 Å². The van der Waals surface area contributed by atoms with E-state index in [0.717, 1.165) is 5.57 Å². The molecular weight excluding hydrogens is 294 g/mol. The molecule has 1 N–H and O–H groups in total. The topological polar surface area (TPSA) is 58.6 Å². The van der Waals surface area contributed by atoms with Crippen molar-refractivity contribution in [3.8, 4) is 5.75 Å². The van der Waals surface area contributed by atoms with Gasteiger partial charge in [0.25, 0.3) is 5.91 Å². The van der Waals surface area contributed by atoms with Crippen molar-refractivity contribution < 1.29 is 23.1 Å². The van der Waals surface area contributed by atoms with Crippen LogP contribution in [-0.2, 0) is 10.3 Å². The molecule has 1 aliphatic rings. The Hall–Kier alpha value is -2.44. The first-order chi connectivity index (χ1) is 10.3. The monoisotopic (exact) mass is 310 g/mol. The second kappa shape index (κ2) is 5.75. The maximum absolute atomic E-state index is 12.8. The van der Waals surface area contributed by atoms with E-state index in [1.807, 2.05) is 6.92 Å². The largest absolute Gasteiger partial charge is 0.489 e. The average molecular weight is 310 g/mol. The first-order valence-corrected chi connectivity index (χ1v) is 6.57. The first kappa shape index (κ1) is 15.9. The molecule has 1 saturated heterocycles. The van der Waals surface area contributed by atoms with Gasteiger partial charge in [-0.25, -0.2) is 9.69 Å². The number of carbonyl (C=O) groups is 2. The number of hydrogen-bond donors (Lipinski definition) is 1. The fourth-order valence-electron chi connectivity index (χ4n) is 2.12. The fraction of sp³-hybridized carbons (Fsp3) is 0.333. The average Bonchev–Trinajstić information content (AvgIpc) is 2.68. The lowest BCUT2D eigenvalue weighted by Gasteiger charge is -2.22. The van der Waals surface area contributed by atoms with Gasteiger partial charge in [0.15, 0.2) is 0 Å². The van der Waals surface area contributed by atoms with Crippen molar-refractivity contribution in [1.29, 1.82) is 0 Å². The number of alkyl halides is 2. The zero-order chi connectivity index (χ0) is 16.5. The molecule has 1 atom stereocenters. The normalized spacial score (nSPS) is 21.2. The second-order valence-corrected chi connectivity index (χ2v) is 5.28. The van der Waals surface area contributed by atoms with Crippen molar-refractivity contribution in [2.24, 2.45) is 0 Å². The molecule has 7 heteroatoms. The van der Waals surface area contributed by atoms with Gasteiger partial charge >= 0.3 is 12.6 Å². The first-order valence-electron chi connectivity index (χ1n) is 6.57. The molecule has 0 radical (unpaired) electrons. The number of ether oxygens (including phenoxy) is 1. The van der Waals surface area contributed by atoms with Gasteiger partial charge in [0.05, 0.1) is 0 Å². The highest BCUT2D eigenvalue weighted by atomic mass is 19.3. The molecule has 22 heavy (non-hydrogen) atoms. The van der Waals surface area contributed by atoms with Crippen molar-refractivity contribution in [2.75, 3.05) is 6.61 Å². The van der Waals surface area contributed by atoms with Gasteiger partial charge in [-0.2, -0.15) is 8.78 Å². The number of urea groups is 1. The summed E-state index contributed by atoms with van der Waals surface area (Å²) >= 11 is 0. The van der Waals surface area contributed by atoms with E-state index in [4.69, 9.17) is 4.74 Å². The molecule has 0 bridgehead atoms. The van der Waals surface area contributed by atoms with Crippen LogP contribution >= 0.6 is 0 Å². The van der Waals surface area contributed by atoms with E-state index >= 15 is 0 Å².